The number of phenols is 1. The first kappa shape index (κ1) is 35.5. The number of carbonyl (C=O) groups is 2. The van der Waals surface area contributed by atoms with E-state index in [9.17, 15) is 19.9 Å². The molecule has 1 N–H and O–H groups in total. The van der Waals surface area contributed by atoms with Crippen molar-refractivity contribution in [3.05, 3.63) is 103 Å². The normalized spacial score (nSPS) is 18.7. The molecule has 15 heteroatoms. The monoisotopic (exact) mass is 745 g/mol. The third kappa shape index (κ3) is 7.70. The number of benzene rings is 2. The van der Waals surface area contributed by atoms with Crippen LogP contribution in [0.4, 0.5) is 14.9 Å². The van der Waals surface area contributed by atoms with Gasteiger partial charge in [0.2, 0.25) is 0 Å². The van der Waals surface area contributed by atoms with E-state index in [2.05, 4.69) is 4.90 Å². The van der Waals surface area contributed by atoms with Crippen molar-refractivity contribution in [3.63, 3.8) is 0 Å². The number of halogens is 3. The summed E-state index contributed by atoms with van der Waals surface area (Å²) in [6.07, 6.45) is 2.15. The van der Waals surface area contributed by atoms with Gasteiger partial charge in [-0.1, -0.05) is 35.3 Å². The number of esters is 1. The Hall–Kier alpha value is -4.30. The van der Waals surface area contributed by atoms with Gasteiger partial charge in [0.1, 0.15) is 27.1 Å². The summed E-state index contributed by atoms with van der Waals surface area (Å²) in [6, 6.07) is 12.2. The molecule has 3 saturated heterocycles. The summed E-state index contributed by atoms with van der Waals surface area (Å²) in [6.45, 7) is 2.38. The maximum absolute atomic E-state index is 15.2. The molecular weight excluding hydrogens is 712 g/mol. The van der Waals surface area contributed by atoms with Gasteiger partial charge in [0.05, 0.1) is 26.5 Å². The number of amides is 1. The van der Waals surface area contributed by atoms with E-state index >= 15 is 4.39 Å². The predicted molar refractivity (Wildman–Crippen MR) is 185 cm³/mol. The number of thiophene rings is 1. The number of aromatic hydroxyl groups is 1. The number of aromatic nitrogens is 1. The molecule has 0 radical (unpaired) electrons. The summed E-state index contributed by atoms with van der Waals surface area (Å²) in [5.74, 6) is -1.17. The number of ether oxygens (including phenoxy) is 4. The average molecular weight is 747 g/mol. The first-order valence-electron chi connectivity index (χ1n) is 15.8. The molecule has 50 heavy (non-hydrogen) atoms. The molecule has 5 heterocycles. The molecule has 0 spiro atoms. The number of hydrogen-bond donors (Lipinski definition) is 1. The molecule has 3 fully saturated rings. The third-order valence-electron chi connectivity index (χ3n) is 8.97. The third-order valence-corrected chi connectivity index (χ3v) is 10.7. The summed E-state index contributed by atoms with van der Waals surface area (Å²) in [5.41, 5.74) is 0.781. The molecule has 0 unspecified atom stereocenters. The topological polar surface area (TPSA) is 125 Å². The van der Waals surface area contributed by atoms with Crippen LogP contribution in [0.1, 0.15) is 44.6 Å². The number of fused-ring (bicyclic) bond motifs is 3. The van der Waals surface area contributed by atoms with Gasteiger partial charge in [0.15, 0.2) is 35.5 Å². The Balaban J connectivity index is 1.25. The number of piperidine rings is 3. The zero-order valence-corrected chi connectivity index (χ0v) is 29.5. The molecule has 3 aliphatic rings. The van der Waals surface area contributed by atoms with Crippen molar-refractivity contribution in [2.24, 2.45) is 5.92 Å². The second-order valence-corrected chi connectivity index (χ2v) is 14.0. The van der Waals surface area contributed by atoms with Crippen LogP contribution in [0, 0.1) is 16.9 Å². The fraction of sp³-hybridized carbons (Fsp3) is 0.343. The van der Waals surface area contributed by atoms with Crippen LogP contribution in [0.15, 0.2) is 60.9 Å². The molecule has 11 nitrogen and oxygen atoms in total. The van der Waals surface area contributed by atoms with Gasteiger partial charge in [0, 0.05) is 23.4 Å². The Bertz CT molecular complexity index is 1860. The molecule has 2 aromatic carbocycles. The lowest BCUT2D eigenvalue weighted by Gasteiger charge is -2.44. The Labute approximate surface area is 301 Å². The Morgan fingerprint density at radius 3 is 2.46 bits per heavy atom. The minimum atomic E-state index is -0.965. The smallest absolute Gasteiger partial charge is 0.415 e. The number of pyridine rings is 1. The molecule has 3 aliphatic heterocycles. The van der Waals surface area contributed by atoms with Crippen LogP contribution in [0.2, 0.25) is 10.0 Å². The molecular formula is C35H34Cl2FN3O8S. The molecule has 0 saturated carbocycles. The van der Waals surface area contributed by atoms with Crippen molar-refractivity contribution < 1.29 is 42.8 Å². The summed E-state index contributed by atoms with van der Waals surface area (Å²) in [4.78, 5) is 31.4. The van der Waals surface area contributed by atoms with E-state index in [1.807, 2.05) is 0 Å². The lowest BCUT2D eigenvalue weighted by Crippen LogP contribution is -2.53. The van der Waals surface area contributed by atoms with Gasteiger partial charge < -0.3 is 29.3 Å². The van der Waals surface area contributed by atoms with Crippen molar-refractivity contribution in [3.8, 4) is 17.2 Å². The molecule has 264 valence electrons. The maximum Gasteiger partial charge on any atom is 0.415 e. The molecule has 0 aliphatic carbocycles. The standard InChI is InChI=1S/C35H34Cl2FN3O8S/c1-46-28-8-6-21(14-30(28)47-2)29(15-23-24(36)17-40(45)18-25(23)37)48-34(43)32-9-7-22(50-32)16-41(26-4-3-5-27(42)33(26)38)35(44)49-31-19-39-12-10-20(31)11-13-39/h3-9,14,17-18,20,29,31,42H,10-13,15-16,19H2,1-2H3/t29-,31-/m0/s1. The second kappa shape index (κ2) is 15.3. The van der Waals surface area contributed by atoms with Crippen LogP contribution in [0.5, 0.6) is 17.2 Å². The van der Waals surface area contributed by atoms with Gasteiger partial charge in [0.25, 0.3) is 0 Å². The van der Waals surface area contributed by atoms with Crippen molar-refractivity contribution >= 4 is 52.3 Å². The van der Waals surface area contributed by atoms with Crippen LogP contribution in [-0.4, -0.2) is 62.0 Å². The van der Waals surface area contributed by atoms with Gasteiger partial charge in [-0.2, -0.15) is 4.73 Å². The summed E-state index contributed by atoms with van der Waals surface area (Å²) in [7, 11) is 2.98. The number of phenolic OH excluding ortho intramolecular Hbond substituents is 1. The highest BCUT2D eigenvalue weighted by Gasteiger charge is 2.38. The second-order valence-electron chi connectivity index (χ2n) is 12.0. The first-order chi connectivity index (χ1) is 24.0. The van der Waals surface area contributed by atoms with Crippen LogP contribution >= 0.6 is 34.5 Å². The summed E-state index contributed by atoms with van der Waals surface area (Å²) < 4.78 is 38.5. The molecule has 7 rings (SSSR count). The van der Waals surface area contributed by atoms with Crippen LogP contribution in [0.3, 0.4) is 0 Å². The summed E-state index contributed by atoms with van der Waals surface area (Å²) in [5, 5.41) is 22.2. The van der Waals surface area contributed by atoms with Gasteiger partial charge in [-0.15, -0.1) is 11.3 Å². The summed E-state index contributed by atoms with van der Waals surface area (Å²) >= 11 is 13.8. The van der Waals surface area contributed by atoms with Crippen molar-refractivity contribution in [2.45, 2.75) is 38.0 Å². The number of nitrogens with zero attached hydrogens (tertiary/aromatic N) is 3. The van der Waals surface area contributed by atoms with Crippen molar-refractivity contribution in [2.75, 3.05) is 38.8 Å². The highest BCUT2D eigenvalue weighted by atomic mass is 35.5. The van der Waals surface area contributed by atoms with E-state index in [4.69, 9.17) is 42.1 Å². The minimum Gasteiger partial charge on any atom is -0.619 e. The predicted octanol–water partition coefficient (Wildman–Crippen LogP) is 6.93. The Morgan fingerprint density at radius 1 is 1.08 bits per heavy atom. The first-order valence-corrected chi connectivity index (χ1v) is 17.4. The molecule has 1 amide bonds. The minimum absolute atomic E-state index is 0.0218. The number of hydrogen-bond acceptors (Lipinski definition) is 10. The number of anilines is 1. The molecule has 2 aromatic heterocycles. The largest absolute Gasteiger partial charge is 0.619 e. The zero-order valence-electron chi connectivity index (χ0n) is 27.1. The quantitative estimate of drug-likeness (QED) is 0.0989. The lowest BCUT2D eigenvalue weighted by atomic mass is 9.86. The molecule has 2 atom stereocenters. The molecule has 4 aromatic rings. The van der Waals surface area contributed by atoms with Crippen LogP contribution in [0.25, 0.3) is 0 Å². The van der Waals surface area contributed by atoms with E-state index in [-0.39, 0.29) is 45.6 Å². The Kier molecular flexibility index (Phi) is 10.9. The van der Waals surface area contributed by atoms with Crippen LogP contribution in [-0.2, 0) is 22.4 Å². The average Bonchev–Trinajstić information content (AvgIpc) is 3.58. The van der Waals surface area contributed by atoms with Crippen LogP contribution < -0.4 is 19.1 Å². The van der Waals surface area contributed by atoms with Gasteiger partial charge in [-0.3, -0.25) is 9.80 Å². The maximum atomic E-state index is 15.2. The van der Waals surface area contributed by atoms with E-state index in [0.29, 0.717) is 38.8 Å². The van der Waals surface area contributed by atoms with Gasteiger partial charge >= 0.3 is 12.1 Å². The molecule has 2 bridgehead atoms. The van der Waals surface area contributed by atoms with Gasteiger partial charge in [-0.25, -0.2) is 14.0 Å². The number of carbonyl (C=O) groups excluding carboxylic acids is 2. The Morgan fingerprint density at radius 2 is 1.80 bits per heavy atom. The lowest BCUT2D eigenvalue weighted by molar-refractivity contribution is -0.605. The highest BCUT2D eigenvalue weighted by Crippen LogP contribution is 2.37. The van der Waals surface area contributed by atoms with E-state index in [0.717, 1.165) is 54.6 Å². The fourth-order valence-corrected chi connectivity index (χ4v) is 7.79. The van der Waals surface area contributed by atoms with Gasteiger partial charge in [-0.05, 0) is 73.8 Å². The number of rotatable bonds is 11. The van der Waals surface area contributed by atoms with E-state index < -0.39 is 29.7 Å². The van der Waals surface area contributed by atoms with Crippen molar-refractivity contribution in [1.82, 2.24) is 4.90 Å². The van der Waals surface area contributed by atoms with E-state index in [1.54, 1.807) is 30.3 Å². The SMILES string of the molecule is COc1ccc([C@H](Cc2c(Cl)c[n+]([O-])cc2Cl)OC(=O)c2ccc(CN(C(=O)O[C@H]3CN4CCC3CC4)c3cccc(O)c3F)s2)cc1OC. The fourth-order valence-electron chi connectivity index (χ4n) is 6.31. The number of methoxy groups -OCH3 is 2. The zero-order chi connectivity index (χ0) is 35.5. The highest BCUT2D eigenvalue weighted by molar-refractivity contribution is 7.14. The van der Waals surface area contributed by atoms with Crippen molar-refractivity contribution in [1.29, 1.82) is 0 Å². The van der Waals surface area contributed by atoms with E-state index in [1.165, 1.54) is 32.4 Å².